The van der Waals surface area contributed by atoms with Crippen molar-refractivity contribution >= 4 is 33.1 Å². The van der Waals surface area contributed by atoms with Gasteiger partial charge in [0.25, 0.3) is 0 Å². The first kappa shape index (κ1) is 18.0. The Hall–Kier alpha value is -2.41. The Balaban J connectivity index is 2.09. The molecule has 0 radical (unpaired) electrons. The first-order chi connectivity index (χ1) is 13.1. The maximum absolute atomic E-state index is 7.97. The molecular formula is C23H21ClNOP. The van der Waals surface area contributed by atoms with Gasteiger partial charge in [0.15, 0.2) is 0 Å². The maximum atomic E-state index is 7.97. The number of aromatic nitrogens is 1. The van der Waals surface area contributed by atoms with E-state index >= 15 is 0 Å². The van der Waals surface area contributed by atoms with Crippen LogP contribution in [0.5, 0.6) is 0 Å². The van der Waals surface area contributed by atoms with Crippen molar-refractivity contribution in [1.29, 1.82) is 0 Å². The molecular weight excluding hydrogens is 373 g/mol. The number of aryl methyl sites for hydroxylation is 1. The van der Waals surface area contributed by atoms with E-state index in [9.17, 15) is 0 Å². The Morgan fingerprint density at radius 3 is 1.48 bits per heavy atom. The summed E-state index contributed by atoms with van der Waals surface area (Å²) < 4.78 is 5.51. The van der Waals surface area contributed by atoms with Crippen LogP contribution in [0, 0.1) is 6.92 Å². The molecule has 0 unspecified atom stereocenters. The molecule has 1 heterocycles. The van der Waals surface area contributed by atoms with Crippen LogP contribution in [0.4, 0.5) is 0 Å². The first-order valence-electron chi connectivity index (χ1n) is 8.92. The summed E-state index contributed by atoms with van der Waals surface area (Å²) in [5.74, 6) is -2.66. The summed E-state index contributed by atoms with van der Waals surface area (Å²) in [5, 5.41) is 3.38. The van der Waals surface area contributed by atoms with Gasteiger partial charge < -0.3 is 0 Å². The predicted molar refractivity (Wildman–Crippen MR) is 116 cm³/mol. The molecule has 0 atom stereocenters. The summed E-state index contributed by atoms with van der Waals surface area (Å²) in [7, 11) is 0. The van der Waals surface area contributed by atoms with E-state index in [0.717, 1.165) is 21.6 Å². The SMILES string of the molecule is Cc1nc(CP(Cl)(c2ccccc2)(c2ccccc2)c2ccccc2)co1. The van der Waals surface area contributed by atoms with E-state index in [1.165, 1.54) is 0 Å². The fourth-order valence-corrected chi connectivity index (χ4v) is 9.68. The molecule has 4 rings (SSSR count). The van der Waals surface area contributed by atoms with Gasteiger partial charge in [-0.3, -0.25) is 0 Å². The summed E-state index contributed by atoms with van der Waals surface area (Å²) in [6.45, 7) is 1.86. The number of oxazole rings is 1. The zero-order valence-corrected chi connectivity index (χ0v) is 16.8. The van der Waals surface area contributed by atoms with Gasteiger partial charge in [-0.1, -0.05) is 0 Å². The van der Waals surface area contributed by atoms with Crippen molar-refractivity contribution in [3.63, 3.8) is 0 Å². The minimum absolute atomic E-state index is 0.600. The zero-order chi connectivity index (χ0) is 18.8. The molecule has 4 aromatic rings. The standard InChI is InChI=1S/C23H21ClNOP/c1-19-25-20(17-26-19)18-27(24,21-11-5-2-6-12-21,22-13-7-3-8-14-22)23-15-9-4-10-16-23/h2-17H,18H2,1H3. The van der Waals surface area contributed by atoms with Crippen LogP contribution in [0.25, 0.3) is 0 Å². The fourth-order valence-electron chi connectivity index (χ4n) is 3.72. The molecule has 0 fully saturated rings. The van der Waals surface area contributed by atoms with Crippen molar-refractivity contribution in [2.24, 2.45) is 0 Å². The van der Waals surface area contributed by atoms with E-state index in [1.54, 1.807) is 6.26 Å². The van der Waals surface area contributed by atoms with Gasteiger partial charge in [-0.2, -0.15) is 0 Å². The Kier molecular flexibility index (Phi) is 4.63. The quantitative estimate of drug-likeness (QED) is 0.437. The summed E-state index contributed by atoms with van der Waals surface area (Å²) in [5.41, 5.74) is 0.872. The van der Waals surface area contributed by atoms with Crippen LogP contribution in [0.2, 0.25) is 0 Å². The number of halogens is 1. The van der Waals surface area contributed by atoms with E-state index in [1.807, 2.05) is 25.1 Å². The fraction of sp³-hybridized carbons (Fsp3) is 0.0870. The summed E-state index contributed by atoms with van der Waals surface area (Å²) in [6.07, 6.45) is 2.33. The second-order valence-corrected chi connectivity index (χ2v) is 13.2. The van der Waals surface area contributed by atoms with Crippen LogP contribution in [0.3, 0.4) is 0 Å². The van der Waals surface area contributed by atoms with E-state index < -0.39 is 5.96 Å². The number of rotatable bonds is 5. The second-order valence-electron chi connectivity index (χ2n) is 6.71. The third kappa shape index (κ3) is 3.00. The summed E-state index contributed by atoms with van der Waals surface area (Å²) in [4.78, 5) is 4.60. The normalized spacial score (nSPS) is 13.0. The van der Waals surface area contributed by atoms with Gasteiger partial charge in [0, 0.05) is 0 Å². The average Bonchev–Trinajstić information content (AvgIpc) is 3.14. The van der Waals surface area contributed by atoms with Crippen LogP contribution in [0.15, 0.2) is 102 Å². The molecule has 4 heteroatoms. The Labute approximate surface area is 164 Å². The van der Waals surface area contributed by atoms with Crippen LogP contribution in [-0.2, 0) is 6.16 Å². The van der Waals surface area contributed by atoms with Crippen LogP contribution < -0.4 is 15.9 Å². The molecule has 0 saturated carbocycles. The topological polar surface area (TPSA) is 26.0 Å². The molecule has 0 aliphatic rings. The van der Waals surface area contributed by atoms with Gasteiger partial charge in [0.05, 0.1) is 0 Å². The van der Waals surface area contributed by atoms with Gasteiger partial charge in [-0.25, -0.2) is 0 Å². The van der Waals surface area contributed by atoms with Gasteiger partial charge in [0.2, 0.25) is 0 Å². The predicted octanol–water partition coefficient (Wildman–Crippen LogP) is 5.17. The second kappa shape index (κ2) is 6.96. The number of hydrogen-bond donors (Lipinski definition) is 0. The van der Waals surface area contributed by atoms with Crippen LogP contribution >= 0.6 is 17.2 Å². The molecule has 0 saturated heterocycles. The minimum atomic E-state index is -3.32. The van der Waals surface area contributed by atoms with Gasteiger partial charge in [-0.05, 0) is 0 Å². The van der Waals surface area contributed by atoms with Crippen molar-refractivity contribution in [3.05, 3.63) is 109 Å². The zero-order valence-electron chi connectivity index (χ0n) is 15.1. The molecule has 0 amide bonds. The van der Waals surface area contributed by atoms with Gasteiger partial charge in [-0.15, -0.1) is 0 Å². The number of hydrogen-bond acceptors (Lipinski definition) is 2. The third-order valence-corrected chi connectivity index (χ3v) is 12.2. The summed E-state index contributed by atoms with van der Waals surface area (Å²) >= 11 is 7.97. The molecule has 0 aliphatic heterocycles. The molecule has 0 aliphatic carbocycles. The Morgan fingerprint density at radius 1 is 0.741 bits per heavy atom. The molecule has 1 aromatic heterocycles. The van der Waals surface area contributed by atoms with E-state index in [-0.39, 0.29) is 0 Å². The van der Waals surface area contributed by atoms with Crippen molar-refractivity contribution < 1.29 is 4.42 Å². The van der Waals surface area contributed by atoms with Gasteiger partial charge in [0.1, 0.15) is 0 Å². The first-order valence-corrected chi connectivity index (χ1v) is 12.2. The van der Waals surface area contributed by atoms with Crippen molar-refractivity contribution in [2.75, 3.05) is 0 Å². The molecule has 3 aromatic carbocycles. The van der Waals surface area contributed by atoms with E-state index in [4.69, 9.17) is 15.7 Å². The van der Waals surface area contributed by atoms with Crippen LogP contribution in [-0.4, -0.2) is 4.98 Å². The monoisotopic (exact) mass is 393 g/mol. The molecule has 136 valence electrons. The van der Waals surface area contributed by atoms with Crippen molar-refractivity contribution in [2.45, 2.75) is 13.1 Å². The molecule has 0 spiro atoms. The number of nitrogens with zero attached hydrogens (tertiary/aromatic N) is 1. The molecule has 27 heavy (non-hydrogen) atoms. The summed E-state index contributed by atoms with van der Waals surface area (Å²) in [6, 6.07) is 31.2. The molecule has 0 N–H and O–H groups in total. The van der Waals surface area contributed by atoms with Crippen LogP contribution in [0.1, 0.15) is 11.6 Å². The average molecular weight is 394 g/mol. The van der Waals surface area contributed by atoms with E-state index in [2.05, 4.69) is 77.8 Å². The van der Waals surface area contributed by atoms with E-state index in [0.29, 0.717) is 12.1 Å². The Morgan fingerprint density at radius 2 is 1.15 bits per heavy atom. The molecule has 2 nitrogen and oxygen atoms in total. The van der Waals surface area contributed by atoms with Gasteiger partial charge >= 0.3 is 164 Å². The molecule has 0 bridgehead atoms. The van der Waals surface area contributed by atoms with Crippen molar-refractivity contribution in [3.8, 4) is 0 Å². The Bertz CT molecular complexity index is 932. The number of benzene rings is 3. The third-order valence-electron chi connectivity index (χ3n) is 5.01. The van der Waals surface area contributed by atoms with Crippen molar-refractivity contribution in [1.82, 2.24) is 4.98 Å².